The van der Waals surface area contributed by atoms with Gasteiger partial charge in [-0.05, 0) is 76.6 Å². The predicted molar refractivity (Wildman–Crippen MR) is 131 cm³/mol. The van der Waals surface area contributed by atoms with Gasteiger partial charge in [0.2, 0.25) is 0 Å². The van der Waals surface area contributed by atoms with Crippen LogP contribution in [0.4, 0.5) is 0 Å². The van der Waals surface area contributed by atoms with Gasteiger partial charge >= 0.3 is 0 Å². The molecule has 6 nitrogen and oxygen atoms in total. The van der Waals surface area contributed by atoms with E-state index in [1.807, 2.05) is 13.8 Å². The molecule has 3 rings (SSSR count). The Balaban J connectivity index is 1.30. The third-order valence-corrected chi connectivity index (χ3v) is 7.00. The highest BCUT2D eigenvalue weighted by molar-refractivity contribution is 7.09. The van der Waals surface area contributed by atoms with Gasteiger partial charge in [0, 0.05) is 46.4 Å². The van der Waals surface area contributed by atoms with Gasteiger partial charge in [-0.1, -0.05) is 0 Å². The fraction of sp³-hybridized carbons (Fsp3) is 0.417. The van der Waals surface area contributed by atoms with E-state index < -0.39 is 0 Å². The van der Waals surface area contributed by atoms with E-state index in [-0.39, 0.29) is 11.8 Å². The summed E-state index contributed by atoms with van der Waals surface area (Å²) < 4.78 is 0. The molecule has 2 heterocycles. The molecule has 2 N–H and O–H groups in total. The number of hydrogen-bond acceptors (Lipinski definition) is 6. The van der Waals surface area contributed by atoms with Crippen LogP contribution >= 0.6 is 22.7 Å². The molecule has 0 aliphatic carbocycles. The molecule has 0 saturated carbocycles. The van der Waals surface area contributed by atoms with Gasteiger partial charge in [-0.3, -0.25) is 9.59 Å². The summed E-state index contributed by atoms with van der Waals surface area (Å²) in [5.74, 6) is -0.223. The van der Waals surface area contributed by atoms with E-state index in [0.29, 0.717) is 24.2 Å². The Morgan fingerprint density at radius 3 is 1.47 bits per heavy atom. The van der Waals surface area contributed by atoms with Crippen molar-refractivity contribution in [3.63, 3.8) is 0 Å². The molecule has 1 aromatic carbocycles. The van der Waals surface area contributed by atoms with Crippen molar-refractivity contribution in [3.05, 3.63) is 67.6 Å². The quantitative estimate of drug-likeness (QED) is 0.375. The van der Waals surface area contributed by atoms with E-state index >= 15 is 0 Å². The van der Waals surface area contributed by atoms with Crippen molar-refractivity contribution < 1.29 is 9.59 Å². The summed E-state index contributed by atoms with van der Waals surface area (Å²) in [6.45, 7) is 5.26. The van der Waals surface area contributed by atoms with Crippen LogP contribution in [0, 0.1) is 13.8 Å². The zero-order valence-corrected chi connectivity index (χ0v) is 20.3. The van der Waals surface area contributed by atoms with E-state index in [1.165, 1.54) is 0 Å². The minimum absolute atomic E-state index is 0.112. The summed E-state index contributed by atoms with van der Waals surface area (Å²) in [4.78, 5) is 33.5. The molecule has 0 aliphatic rings. The maximum absolute atomic E-state index is 12.3. The Labute approximate surface area is 197 Å². The van der Waals surface area contributed by atoms with Crippen molar-refractivity contribution in [1.82, 2.24) is 20.6 Å². The average molecular weight is 471 g/mol. The summed E-state index contributed by atoms with van der Waals surface area (Å²) in [5.41, 5.74) is 3.26. The zero-order chi connectivity index (χ0) is 22.8. The van der Waals surface area contributed by atoms with Gasteiger partial charge < -0.3 is 10.6 Å². The number of hydrogen-bond donors (Lipinski definition) is 2. The smallest absolute Gasteiger partial charge is 0.251 e. The van der Waals surface area contributed by atoms with Crippen molar-refractivity contribution in [2.24, 2.45) is 0 Å². The summed E-state index contributed by atoms with van der Waals surface area (Å²) in [6.07, 6.45) is 5.71. The second-order valence-electron chi connectivity index (χ2n) is 7.77. The highest BCUT2D eigenvalue weighted by Gasteiger charge is 2.09. The third kappa shape index (κ3) is 7.84. The molecule has 0 radical (unpaired) electrons. The normalized spacial score (nSPS) is 10.8. The topological polar surface area (TPSA) is 84.0 Å². The molecule has 0 atom stereocenters. The minimum Gasteiger partial charge on any atom is -0.352 e. The molecule has 0 fully saturated rings. The Morgan fingerprint density at radius 2 is 1.12 bits per heavy atom. The fourth-order valence-electron chi connectivity index (χ4n) is 3.22. The molecule has 3 aromatic rings. The number of rotatable bonds is 12. The Morgan fingerprint density at radius 1 is 0.719 bits per heavy atom. The summed E-state index contributed by atoms with van der Waals surface area (Å²) >= 11 is 3.38. The monoisotopic (exact) mass is 470 g/mol. The van der Waals surface area contributed by atoms with Gasteiger partial charge in [0.1, 0.15) is 0 Å². The number of nitrogens with zero attached hydrogens (tertiary/aromatic N) is 2. The van der Waals surface area contributed by atoms with Crippen LogP contribution < -0.4 is 10.6 Å². The molecule has 32 heavy (non-hydrogen) atoms. The molecule has 0 spiro atoms. The van der Waals surface area contributed by atoms with Crippen LogP contribution in [0.3, 0.4) is 0 Å². The SMILES string of the molecule is Cc1csc(CCCCNC(=O)c2ccc(C(=O)NCCCCc3nc(C)cs3)cc2)n1. The molecule has 2 amide bonds. The lowest BCUT2D eigenvalue weighted by Crippen LogP contribution is -2.26. The van der Waals surface area contributed by atoms with Crippen LogP contribution in [0.25, 0.3) is 0 Å². The summed E-state index contributed by atoms with van der Waals surface area (Å²) in [6, 6.07) is 6.81. The molecule has 8 heteroatoms. The Kier molecular flexibility index (Phi) is 9.37. The summed E-state index contributed by atoms with van der Waals surface area (Å²) in [7, 11) is 0. The lowest BCUT2D eigenvalue weighted by atomic mass is 10.1. The van der Waals surface area contributed by atoms with Gasteiger partial charge in [-0.15, -0.1) is 22.7 Å². The second kappa shape index (κ2) is 12.5. The molecule has 0 saturated heterocycles. The van der Waals surface area contributed by atoms with Crippen molar-refractivity contribution in [3.8, 4) is 0 Å². The highest BCUT2D eigenvalue weighted by Crippen LogP contribution is 2.12. The van der Waals surface area contributed by atoms with Gasteiger partial charge in [0.05, 0.1) is 10.0 Å². The first kappa shape index (κ1) is 24.1. The van der Waals surface area contributed by atoms with Gasteiger partial charge in [-0.2, -0.15) is 0 Å². The maximum Gasteiger partial charge on any atom is 0.251 e. The Hall–Kier alpha value is -2.58. The van der Waals surface area contributed by atoms with Gasteiger partial charge in [-0.25, -0.2) is 9.97 Å². The fourth-order valence-corrected chi connectivity index (χ4v) is 4.85. The third-order valence-electron chi connectivity index (χ3n) is 4.95. The highest BCUT2D eigenvalue weighted by atomic mass is 32.1. The second-order valence-corrected chi connectivity index (χ2v) is 9.65. The molecule has 170 valence electrons. The van der Waals surface area contributed by atoms with E-state index in [0.717, 1.165) is 59.9 Å². The summed E-state index contributed by atoms with van der Waals surface area (Å²) in [5, 5.41) is 12.3. The van der Waals surface area contributed by atoms with Crippen molar-refractivity contribution in [2.45, 2.75) is 52.4 Å². The molecular weight excluding hydrogens is 440 g/mol. The first-order valence-corrected chi connectivity index (χ1v) is 12.8. The standard InChI is InChI=1S/C24H30N4O2S2/c1-17-15-31-21(27-17)7-3-5-13-25-23(29)19-9-11-20(12-10-19)24(30)26-14-6-4-8-22-28-18(2)16-32-22/h9-12,15-16H,3-8,13-14H2,1-2H3,(H,25,29)(H,26,30). The minimum atomic E-state index is -0.112. The number of thiazole rings is 2. The van der Waals surface area contributed by atoms with Crippen molar-refractivity contribution in [1.29, 1.82) is 0 Å². The van der Waals surface area contributed by atoms with Crippen LogP contribution in [0.5, 0.6) is 0 Å². The van der Waals surface area contributed by atoms with E-state index in [1.54, 1.807) is 46.9 Å². The first-order chi connectivity index (χ1) is 15.5. The number of carbonyl (C=O) groups excluding carboxylic acids is 2. The Bertz CT molecular complexity index is 930. The van der Waals surface area contributed by atoms with Crippen LogP contribution in [-0.4, -0.2) is 34.9 Å². The zero-order valence-electron chi connectivity index (χ0n) is 18.6. The number of carbonyl (C=O) groups is 2. The number of aromatic nitrogens is 2. The van der Waals surface area contributed by atoms with E-state index in [4.69, 9.17) is 0 Å². The van der Waals surface area contributed by atoms with Gasteiger partial charge in [0.15, 0.2) is 0 Å². The van der Waals surface area contributed by atoms with E-state index in [2.05, 4.69) is 31.4 Å². The number of benzene rings is 1. The van der Waals surface area contributed by atoms with Crippen LogP contribution in [-0.2, 0) is 12.8 Å². The number of amides is 2. The molecule has 0 bridgehead atoms. The van der Waals surface area contributed by atoms with Crippen LogP contribution in [0.2, 0.25) is 0 Å². The van der Waals surface area contributed by atoms with Crippen LogP contribution in [0.15, 0.2) is 35.0 Å². The number of nitrogens with one attached hydrogen (secondary N) is 2. The molecular formula is C24H30N4O2S2. The van der Waals surface area contributed by atoms with Gasteiger partial charge in [0.25, 0.3) is 11.8 Å². The predicted octanol–water partition coefficient (Wildman–Crippen LogP) is 4.72. The van der Waals surface area contributed by atoms with Crippen molar-refractivity contribution >= 4 is 34.5 Å². The lowest BCUT2D eigenvalue weighted by molar-refractivity contribution is 0.0941. The number of aryl methyl sites for hydroxylation is 4. The molecule has 0 unspecified atom stereocenters. The molecule has 0 aliphatic heterocycles. The largest absolute Gasteiger partial charge is 0.352 e. The average Bonchev–Trinajstić information content (AvgIpc) is 3.40. The first-order valence-electron chi connectivity index (χ1n) is 11.0. The van der Waals surface area contributed by atoms with E-state index in [9.17, 15) is 9.59 Å². The van der Waals surface area contributed by atoms with Crippen LogP contribution in [0.1, 0.15) is 67.8 Å². The lowest BCUT2D eigenvalue weighted by Gasteiger charge is -2.07. The maximum atomic E-state index is 12.3. The molecule has 2 aromatic heterocycles. The number of unbranched alkanes of at least 4 members (excludes halogenated alkanes) is 2. The van der Waals surface area contributed by atoms with Crippen molar-refractivity contribution in [2.75, 3.05) is 13.1 Å².